The molecule has 0 amide bonds. The van der Waals surface area contributed by atoms with E-state index in [1.54, 1.807) is 12.4 Å². The first-order chi connectivity index (χ1) is 42.2. The molecule has 0 saturated carbocycles. The van der Waals surface area contributed by atoms with Gasteiger partial charge in [0.05, 0.1) is 39.8 Å². The Hall–Kier alpha value is -11.0. The van der Waals surface area contributed by atoms with Crippen molar-refractivity contribution >= 4 is 43.1 Å². The molecule has 0 N–H and O–H groups in total. The van der Waals surface area contributed by atoms with Crippen LogP contribution in [0.25, 0.3) is 122 Å². The zero-order valence-electron chi connectivity index (χ0n) is 46.4. The summed E-state index contributed by atoms with van der Waals surface area (Å²) in [7, 11) is 0. The molecule has 0 aliphatic rings. The van der Waals surface area contributed by atoms with Crippen LogP contribution in [0, 0.1) is 24.8 Å². The number of hydrogen-bond donors (Lipinski definition) is 0. The maximum absolute atomic E-state index is 4.08. The third-order valence-corrected chi connectivity index (χ3v) is 15.1. The van der Waals surface area contributed by atoms with Crippen molar-refractivity contribution < 1.29 is 29.2 Å². The molecular formula is C77H51IrN8-3. The van der Waals surface area contributed by atoms with Gasteiger partial charge in [-0.2, -0.15) is 36.4 Å². The van der Waals surface area contributed by atoms with Crippen LogP contribution in [0.1, 0.15) is 0 Å². The van der Waals surface area contributed by atoms with E-state index in [2.05, 4.69) is 330 Å². The van der Waals surface area contributed by atoms with Crippen LogP contribution in [0.2, 0.25) is 0 Å². The van der Waals surface area contributed by atoms with E-state index in [0.29, 0.717) is 5.69 Å². The van der Waals surface area contributed by atoms with E-state index in [-0.39, 0.29) is 20.1 Å². The summed E-state index contributed by atoms with van der Waals surface area (Å²) in [5, 5.41) is 20.2. The minimum Gasteiger partial charge on any atom is -0.358 e. The van der Waals surface area contributed by atoms with Gasteiger partial charge in [0.25, 0.3) is 12.7 Å². The van der Waals surface area contributed by atoms with Gasteiger partial charge in [-0.1, -0.05) is 243 Å². The molecule has 0 spiro atoms. The molecule has 9 heteroatoms. The molecule has 16 rings (SSSR count). The van der Waals surface area contributed by atoms with Crippen LogP contribution >= 0.6 is 0 Å². The molecule has 16 aromatic rings. The largest absolute Gasteiger partial charge is 0.358 e. The molecule has 0 bridgehead atoms. The van der Waals surface area contributed by atoms with Gasteiger partial charge in [0, 0.05) is 26.3 Å². The number of benzene rings is 12. The second-order valence-electron chi connectivity index (χ2n) is 20.3. The van der Waals surface area contributed by atoms with Crippen molar-refractivity contribution in [3.05, 3.63) is 334 Å². The van der Waals surface area contributed by atoms with E-state index in [4.69, 9.17) is 0 Å². The predicted octanol–water partition coefficient (Wildman–Crippen LogP) is 16.5. The average Bonchev–Trinajstić information content (AvgIpc) is 1.94. The van der Waals surface area contributed by atoms with Crippen molar-refractivity contribution in [2.45, 2.75) is 0 Å². The first-order valence-electron chi connectivity index (χ1n) is 28.1. The van der Waals surface area contributed by atoms with Crippen LogP contribution in [0.4, 0.5) is 0 Å². The summed E-state index contributed by atoms with van der Waals surface area (Å²) < 4.78 is 8.80. The number of pyridine rings is 1. The second-order valence-corrected chi connectivity index (χ2v) is 20.3. The van der Waals surface area contributed by atoms with Crippen LogP contribution in [-0.4, -0.2) is 24.4 Å². The van der Waals surface area contributed by atoms with E-state index in [0.717, 1.165) is 84.2 Å². The zero-order chi connectivity index (χ0) is 56.7. The van der Waals surface area contributed by atoms with Crippen molar-refractivity contribution in [2.24, 2.45) is 0 Å². The molecule has 0 fully saturated rings. The Morgan fingerprint density at radius 1 is 0.349 bits per heavy atom. The number of rotatable bonds is 9. The Balaban J connectivity index is 0.000000134. The average molecular weight is 1280 g/mol. The fraction of sp³-hybridized carbons (Fsp3) is 0. The molecule has 411 valence electrons. The summed E-state index contributed by atoms with van der Waals surface area (Å²) in [5.41, 5.74) is 14.5. The number of hydrogen-bond acceptors (Lipinski definition) is 3. The topological polar surface area (TPSA) is 70.4 Å². The monoisotopic (exact) mass is 1280 g/mol. The summed E-state index contributed by atoms with van der Waals surface area (Å²) in [6, 6.07) is 110. The minimum absolute atomic E-state index is 0. The first-order valence-corrected chi connectivity index (χ1v) is 28.1. The molecule has 1 radical (unpaired) electrons. The Morgan fingerprint density at radius 3 is 1.13 bits per heavy atom. The van der Waals surface area contributed by atoms with Gasteiger partial charge in [-0.3, -0.25) is 19.3 Å². The molecule has 0 unspecified atom stereocenters. The smallest absolute Gasteiger partial charge is 0.268 e. The summed E-state index contributed by atoms with van der Waals surface area (Å²) in [5.74, 6) is 0. The van der Waals surface area contributed by atoms with Crippen LogP contribution < -0.4 is 14.2 Å². The zero-order valence-corrected chi connectivity index (χ0v) is 48.8. The maximum atomic E-state index is 4.08. The fourth-order valence-electron chi connectivity index (χ4n) is 11.2. The van der Waals surface area contributed by atoms with Gasteiger partial charge < -0.3 is 19.3 Å². The molecule has 0 atom stereocenters. The van der Waals surface area contributed by atoms with E-state index in [1.807, 2.05) is 30.3 Å². The molecule has 4 aromatic heterocycles. The van der Waals surface area contributed by atoms with Gasteiger partial charge in [-0.15, -0.1) is 33.7 Å². The number of aromatic nitrogens is 8. The van der Waals surface area contributed by atoms with Gasteiger partial charge >= 0.3 is 0 Å². The van der Waals surface area contributed by atoms with Crippen molar-refractivity contribution in [1.82, 2.24) is 29.5 Å². The van der Waals surface area contributed by atoms with Crippen molar-refractivity contribution in [3.63, 3.8) is 0 Å². The molecule has 4 heterocycles. The van der Waals surface area contributed by atoms with Crippen LogP contribution in [0.5, 0.6) is 0 Å². The van der Waals surface area contributed by atoms with E-state index in [9.17, 15) is 0 Å². The quantitative estimate of drug-likeness (QED) is 0.107. The van der Waals surface area contributed by atoms with Crippen LogP contribution in [0.15, 0.2) is 310 Å². The maximum Gasteiger partial charge on any atom is 0.268 e. The molecule has 0 aliphatic heterocycles. The Labute approximate surface area is 512 Å². The SMILES string of the molecule is [Ir].[c-]1ccc2ccccc2c1-n1[c-][n+](-c2cccc3ccccc23)c(-c2ccccc2)c1-c1ccccc1.[c-]1ccc2ccccc2c1-n1[c-][n+](-c2cccc3ccccc23)c(-c2ccccc2)c1-c1ccccc1.c1ccc(-c2cnn[n-]2)nc1. The van der Waals surface area contributed by atoms with Crippen molar-refractivity contribution in [3.8, 4) is 79.2 Å². The number of fused-ring (bicyclic) bond motifs is 4. The van der Waals surface area contributed by atoms with Gasteiger partial charge in [-0.05, 0) is 85.1 Å². The third kappa shape index (κ3) is 10.7. The summed E-state index contributed by atoms with van der Waals surface area (Å²) in [6.07, 6.45) is 10.8. The molecule has 0 saturated heterocycles. The van der Waals surface area contributed by atoms with Gasteiger partial charge in [0.15, 0.2) is 0 Å². The minimum atomic E-state index is 0. The molecule has 86 heavy (non-hydrogen) atoms. The van der Waals surface area contributed by atoms with E-state index >= 15 is 0 Å². The van der Waals surface area contributed by atoms with Gasteiger partial charge in [0.2, 0.25) is 0 Å². The Bertz CT molecular complexity index is 4360. The van der Waals surface area contributed by atoms with Gasteiger partial charge in [0.1, 0.15) is 0 Å². The normalized spacial score (nSPS) is 10.9. The molecule has 0 aliphatic carbocycles. The number of imidazole rings is 2. The molecule has 12 aromatic carbocycles. The Morgan fingerprint density at radius 2 is 0.721 bits per heavy atom. The summed E-state index contributed by atoms with van der Waals surface area (Å²) >= 11 is 0. The fourth-order valence-corrected chi connectivity index (χ4v) is 11.2. The summed E-state index contributed by atoms with van der Waals surface area (Å²) in [6.45, 7) is 0. The summed E-state index contributed by atoms with van der Waals surface area (Å²) in [4.78, 5) is 4.08. The van der Waals surface area contributed by atoms with Crippen molar-refractivity contribution in [2.75, 3.05) is 0 Å². The van der Waals surface area contributed by atoms with Crippen LogP contribution in [0.3, 0.4) is 0 Å². The van der Waals surface area contributed by atoms with Crippen LogP contribution in [-0.2, 0) is 20.1 Å². The van der Waals surface area contributed by atoms with Crippen molar-refractivity contribution in [1.29, 1.82) is 0 Å². The molecule has 8 nitrogen and oxygen atoms in total. The number of nitrogens with zero attached hydrogens (tertiary/aromatic N) is 8. The van der Waals surface area contributed by atoms with Gasteiger partial charge in [-0.25, -0.2) is 0 Å². The molecular weight excluding hydrogens is 1230 g/mol. The van der Waals surface area contributed by atoms with E-state index in [1.165, 1.54) is 32.3 Å². The standard InChI is InChI=1S/2C35H23N2.C7H5N4.Ir/c2*1-3-15-28(16-4-1)34-35(29-17-5-2-6-18-29)37(33-24-12-20-27-14-8-10-22-31(27)33)25-36(34)32-23-11-19-26-13-7-9-21-30(26)32;1-2-4-8-6(3-1)7-5-9-11-10-7;/h2*1-23H;1-5H;/q3*-1;. The predicted molar refractivity (Wildman–Crippen MR) is 340 cm³/mol. The first kappa shape index (κ1) is 54.3. The second kappa shape index (κ2) is 24.9. The van der Waals surface area contributed by atoms with E-state index < -0.39 is 0 Å². The third-order valence-electron chi connectivity index (χ3n) is 15.1. The Kier molecular flexibility index (Phi) is 15.7.